The van der Waals surface area contributed by atoms with Gasteiger partial charge in [0, 0.05) is 25.7 Å². The monoisotopic (exact) mass is 289 g/mol. The summed E-state index contributed by atoms with van der Waals surface area (Å²) in [5.41, 5.74) is 0. The Morgan fingerprint density at radius 1 is 1.68 bits per heavy atom. The lowest BCUT2D eigenvalue weighted by Crippen LogP contribution is -2.53. The molecule has 1 atom stereocenters. The van der Waals surface area contributed by atoms with Gasteiger partial charge in [-0.1, -0.05) is 0 Å². The van der Waals surface area contributed by atoms with E-state index >= 15 is 0 Å². The summed E-state index contributed by atoms with van der Waals surface area (Å²) in [5.74, 6) is -0.307. The number of carbonyl (C=O) groups is 1. The summed E-state index contributed by atoms with van der Waals surface area (Å²) < 4.78 is 1.30. The molecule has 0 spiro atoms. The number of amides is 1. The summed E-state index contributed by atoms with van der Waals surface area (Å²) in [5, 5.41) is 17.4. The zero-order chi connectivity index (χ0) is 13.1. The van der Waals surface area contributed by atoms with Crippen molar-refractivity contribution in [2.45, 2.75) is 19.5 Å². The van der Waals surface area contributed by atoms with Crippen LogP contribution in [0.2, 0.25) is 0 Å². The van der Waals surface area contributed by atoms with Crippen molar-refractivity contribution in [3.63, 3.8) is 0 Å². The molecule has 1 aromatic heterocycles. The Hall–Kier alpha value is -1.67. The average Bonchev–Trinajstić information content (AvgIpc) is 2.78. The highest BCUT2D eigenvalue weighted by Crippen LogP contribution is 2.07. The number of nitro groups is 1. The molecule has 1 aliphatic heterocycles. The Labute approximate surface area is 116 Å². The second-order valence-electron chi connectivity index (χ2n) is 4.27. The van der Waals surface area contributed by atoms with Gasteiger partial charge in [0.25, 0.3) is 0 Å². The van der Waals surface area contributed by atoms with Crippen LogP contribution in [0.3, 0.4) is 0 Å². The van der Waals surface area contributed by atoms with Crippen molar-refractivity contribution in [1.82, 2.24) is 20.0 Å². The maximum atomic E-state index is 12.0. The fourth-order valence-electron chi connectivity index (χ4n) is 1.98. The first-order valence-electron chi connectivity index (χ1n) is 5.76. The van der Waals surface area contributed by atoms with Crippen LogP contribution in [0.15, 0.2) is 12.3 Å². The van der Waals surface area contributed by atoms with Crippen LogP contribution >= 0.6 is 12.4 Å². The molecule has 0 bridgehead atoms. The zero-order valence-electron chi connectivity index (χ0n) is 10.5. The minimum atomic E-state index is -0.575. The number of rotatable bonds is 3. The van der Waals surface area contributed by atoms with Gasteiger partial charge in [0.05, 0.1) is 17.4 Å². The maximum Gasteiger partial charge on any atom is 0.389 e. The standard InChI is InChI=1S/C10H15N5O3.ClH/c1-8-6-11-3-5-14(8)10(16)7-13-4-2-9(12-13)15(17)18;/h2,4,8,11H,3,5-7H2,1H3;1H/t8-;/m0./s1. The zero-order valence-corrected chi connectivity index (χ0v) is 11.3. The lowest BCUT2D eigenvalue weighted by molar-refractivity contribution is -0.389. The number of piperazine rings is 1. The molecule has 0 aromatic carbocycles. The van der Waals surface area contributed by atoms with E-state index in [4.69, 9.17) is 0 Å². The second kappa shape index (κ2) is 6.48. The first kappa shape index (κ1) is 15.4. The van der Waals surface area contributed by atoms with Gasteiger partial charge in [-0.05, 0) is 11.8 Å². The molecule has 0 unspecified atom stereocenters. The molecule has 1 N–H and O–H groups in total. The molecule has 1 fully saturated rings. The SMILES string of the molecule is C[C@H]1CNCCN1C(=O)Cn1ccc([N+](=O)[O-])n1.Cl. The van der Waals surface area contributed by atoms with Crippen molar-refractivity contribution in [2.75, 3.05) is 19.6 Å². The topological polar surface area (TPSA) is 93.3 Å². The molecule has 8 nitrogen and oxygen atoms in total. The van der Waals surface area contributed by atoms with Crippen molar-refractivity contribution in [3.8, 4) is 0 Å². The molecular formula is C10H16ClN5O3. The van der Waals surface area contributed by atoms with E-state index in [-0.39, 0.29) is 36.7 Å². The molecule has 1 amide bonds. The number of aromatic nitrogens is 2. The lowest BCUT2D eigenvalue weighted by Gasteiger charge is -2.33. The molecule has 106 valence electrons. The highest BCUT2D eigenvalue weighted by Gasteiger charge is 2.24. The van der Waals surface area contributed by atoms with Crippen molar-refractivity contribution < 1.29 is 9.72 Å². The molecule has 1 aromatic rings. The Balaban J connectivity index is 0.00000180. The quantitative estimate of drug-likeness (QED) is 0.626. The van der Waals surface area contributed by atoms with Gasteiger partial charge in [-0.25, -0.2) is 0 Å². The molecule has 0 radical (unpaired) electrons. The fourth-order valence-corrected chi connectivity index (χ4v) is 1.98. The number of hydrogen-bond donors (Lipinski definition) is 1. The summed E-state index contributed by atoms with van der Waals surface area (Å²) in [6.45, 7) is 4.21. The third-order valence-electron chi connectivity index (χ3n) is 2.93. The minimum absolute atomic E-state index is 0. The van der Waals surface area contributed by atoms with E-state index < -0.39 is 4.92 Å². The summed E-state index contributed by atoms with van der Waals surface area (Å²) in [6, 6.07) is 1.42. The second-order valence-corrected chi connectivity index (χ2v) is 4.27. The van der Waals surface area contributed by atoms with Gasteiger partial charge < -0.3 is 20.3 Å². The van der Waals surface area contributed by atoms with E-state index in [1.807, 2.05) is 6.92 Å². The average molecular weight is 290 g/mol. The Morgan fingerprint density at radius 2 is 2.42 bits per heavy atom. The highest BCUT2D eigenvalue weighted by molar-refractivity contribution is 5.85. The molecule has 0 aliphatic carbocycles. The van der Waals surface area contributed by atoms with Crippen LogP contribution in [0, 0.1) is 10.1 Å². The number of hydrogen-bond acceptors (Lipinski definition) is 5. The van der Waals surface area contributed by atoms with Crippen LogP contribution in [-0.4, -0.2) is 51.2 Å². The van der Waals surface area contributed by atoms with E-state index in [0.29, 0.717) is 6.54 Å². The number of nitrogens with zero attached hydrogens (tertiary/aromatic N) is 4. The van der Waals surface area contributed by atoms with Crippen molar-refractivity contribution in [1.29, 1.82) is 0 Å². The van der Waals surface area contributed by atoms with Gasteiger partial charge in [-0.15, -0.1) is 12.4 Å². The summed E-state index contributed by atoms with van der Waals surface area (Å²) in [4.78, 5) is 23.7. The minimum Gasteiger partial charge on any atom is -0.358 e. The van der Waals surface area contributed by atoms with Crippen molar-refractivity contribution in [3.05, 3.63) is 22.4 Å². The van der Waals surface area contributed by atoms with Gasteiger partial charge in [0.1, 0.15) is 6.54 Å². The molecule has 1 saturated heterocycles. The summed E-state index contributed by atoms with van der Waals surface area (Å²) in [7, 11) is 0. The van der Waals surface area contributed by atoms with Crippen molar-refractivity contribution >= 4 is 24.1 Å². The van der Waals surface area contributed by atoms with Gasteiger partial charge in [0.2, 0.25) is 5.91 Å². The smallest absolute Gasteiger partial charge is 0.358 e. The van der Waals surface area contributed by atoms with E-state index in [1.54, 1.807) is 4.90 Å². The van der Waals surface area contributed by atoms with Crippen LogP contribution in [0.5, 0.6) is 0 Å². The van der Waals surface area contributed by atoms with Gasteiger partial charge in [-0.2, -0.15) is 4.68 Å². The van der Waals surface area contributed by atoms with Crippen LogP contribution in [-0.2, 0) is 11.3 Å². The highest BCUT2D eigenvalue weighted by atomic mass is 35.5. The predicted octanol–water partition coefficient (Wildman–Crippen LogP) is 0.0334. The first-order valence-corrected chi connectivity index (χ1v) is 5.76. The van der Waals surface area contributed by atoms with E-state index in [1.165, 1.54) is 16.9 Å². The molecule has 1 aliphatic rings. The molecular weight excluding hydrogens is 274 g/mol. The molecule has 19 heavy (non-hydrogen) atoms. The Morgan fingerprint density at radius 3 is 3.00 bits per heavy atom. The van der Waals surface area contributed by atoms with Crippen molar-refractivity contribution in [2.24, 2.45) is 0 Å². The number of nitrogens with one attached hydrogen (secondary N) is 1. The van der Waals surface area contributed by atoms with Crippen LogP contribution < -0.4 is 5.32 Å². The number of halogens is 1. The summed E-state index contributed by atoms with van der Waals surface area (Å²) >= 11 is 0. The third-order valence-corrected chi connectivity index (χ3v) is 2.93. The van der Waals surface area contributed by atoms with Gasteiger partial charge in [-0.3, -0.25) is 4.79 Å². The van der Waals surface area contributed by atoms with Crippen LogP contribution in [0.25, 0.3) is 0 Å². The summed E-state index contributed by atoms with van der Waals surface area (Å²) in [6.07, 6.45) is 1.45. The first-order chi connectivity index (χ1) is 8.58. The molecule has 2 rings (SSSR count). The Bertz CT molecular complexity index is 464. The number of carbonyl (C=O) groups excluding carboxylic acids is 1. The van der Waals surface area contributed by atoms with E-state index in [0.717, 1.165) is 13.1 Å². The van der Waals surface area contributed by atoms with Gasteiger partial charge in [0.15, 0.2) is 0 Å². The predicted molar refractivity (Wildman–Crippen MR) is 70.2 cm³/mol. The Kier molecular flexibility index (Phi) is 5.25. The van der Waals surface area contributed by atoms with Crippen LogP contribution in [0.1, 0.15) is 6.92 Å². The third kappa shape index (κ3) is 3.65. The largest absolute Gasteiger partial charge is 0.389 e. The fraction of sp³-hybridized carbons (Fsp3) is 0.600. The molecule has 9 heteroatoms. The van der Waals surface area contributed by atoms with Gasteiger partial charge >= 0.3 is 5.82 Å². The molecule has 2 heterocycles. The maximum absolute atomic E-state index is 12.0. The normalized spacial score (nSPS) is 18.8. The van der Waals surface area contributed by atoms with E-state index in [9.17, 15) is 14.9 Å². The molecule has 0 saturated carbocycles. The van der Waals surface area contributed by atoms with Crippen LogP contribution in [0.4, 0.5) is 5.82 Å². The van der Waals surface area contributed by atoms with E-state index in [2.05, 4.69) is 10.4 Å². The lowest BCUT2D eigenvalue weighted by atomic mass is 10.2.